The number of amides is 1. The van der Waals surface area contributed by atoms with Crippen molar-refractivity contribution in [1.29, 1.82) is 0 Å². The van der Waals surface area contributed by atoms with Crippen molar-refractivity contribution in [2.75, 3.05) is 45.8 Å². The fraction of sp³-hybridized carbons (Fsp3) is 0.944. The molecular formula is C18H32N4O. The van der Waals surface area contributed by atoms with Crippen molar-refractivity contribution in [2.45, 2.75) is 63.1 Å². The Hall–Kier alpha value is -0.650. The summed E-state index contributed by atoms with van der Waals surface area (Å²) in [5.41, 5.74) is 0. The summed E-state index contributed by atoms with van der Waals surface area (Å²) in [4.78, 5) is 19.8. The predicted molar refractivity (Wildman–Crippen MR) is 91.4 cm³/mol. The third-order valence-electron chi connectivity index (χ3n) is 6.54. The summed E-state index contributed by atoms with van der Waals surface area (Å²) in [6.45, 7) is 8.03. The first kappa shape index (κ1) is 15.9. The molecule has 3 saturated heterocycles. The summed E-state index contributed by atoms with van der Waals surface area (Å²) in [5.74, 6) is 0.261. The minimum atomic E-state index is 0.156. The largest absolute Gasteiger partial charge is 0.355 e. The van der Waals surface area contributed by atoms with Gasteiger partial charge in [0, 0.05) is 57.9 Å². The molecule has 1 N–H and O–H groups in total. The lowest BCUT2D eigenvalue weighted by Crippen LogP contribution is -2.67. The molecule has 0 aromatic carbocycles. The molecule has 4 aliphatic rings. The third-order valence-corrected chi connectivity index (χ3v) is 6.54. The van der Waals surface area contributed by atoms with Gasteiger partial charge >= 0.3 is 0 Å². The molecule has 23 heavy (non-hydrogen) atoms. The fourth-order valence-corrected chi connectivity index (χ4v) is 4.99. The number of hydrogen-bond donors (Lipinski definition) is 1. The summed E-state index contributed by atoms with van der Waals surface area (Å²) >= 11 is 0. The molecule has 3 heterocycles. The Kier molecular flexibility index (Phi) is 4.88. The van der Waals surface area contributed by atoms with Crippen molar-refractivity contribution >= 4 is 5.91 Å². The van der Waals surface area contributed by atoms with Gasteiger partial charge in [-0.1, -0.05) is 19.3 Å². The van der Waals surface area contributed by atoms with Gasteiger partial charge in [0.25, 0.3) is 0 Å². The Morgan fingerprint density at radius 1 is 0.739 bits per heavy atom. The van der Waals surface area contributed by atoms with E-state index >= 15 is 0 Å². The Morgan fingerprint density at radius 2 is 1.39 bits per heavy atom. The summed E-state index contributed by atoms with van der Waals surface area (Å²) in [6.07, 6.45) is 9.36. The van der Waals surface area contributed by atoms with Crippen LogP contribution in [0, 0.1) is 0 Å². The van der Waals surface area contributed by atoms with E-state index in [1.54, 1.807) is 0 Å². The minimum Gasteiger partial charge on any atom is -0.355 e. The molecule has 1 aliphatic carbocycles. The van der Waals surface area contributed by atoms with Crippen molar-refractivity contribution in [3.63, 3.8) is 0 Å². The molecule has 5 nitrogen and oxygen atoms in total. The maximum absolute atomic E-state index is 12.0. The first-order chi connectivity index (χ1) is 11.3. The Morgan fingerprint density at radius 3 is 2.04 bits per heavy atom. The molecule has 1 saturated carbocycles. The zero-order valence-electron chi connectivity index (χ0n) is 14.4. The van der Waals surface area contributed by atoms with Crippen LogP contribution in [-0.2, 0) is 4.79 Å². The molecule has 4 fully saturated rings. The monoisotopic (exact) mass is 320 g/mol. The molecule has 130 valence electrons. The second-order valence-electron chi connectivity index (χ2n) is 7.92. The molecule has 0 aromatic rings. The summed E-state index contributed by atoms with van der Waals surface area (Å²) in [5, 5.41) is 3.02. The van der Waals surface area contributed by atoms with E-state index in [0.29, 0.717) is 6.04 Å². The van der Waals surface area contributed by atoms with E-state index in [1.165, 1.54) is 58.3 Å². The van der Waals surface area contributed by atoms with E-state index < -0.39 is 0 Å². The fourth-order valence-electron chi connectivity index (χ4n) is 4.99. The molecule has 0 radical (unpaired) electrons. The van der Waals surface area contributed by atoms with Gasteiger partial charge in [-0.15, -0.1) is 0 Å². The number of hydrogen-bond acceptors (Lipinski definition) is 4. The topological polar surface area (TPSA) is 38.8 Å². The standard InChI is InChI=1S/C18H32N4O/c23-18-17(7-4-8-19-18)22-13-16(14-22)21-11-9-20(10-12-21)15-5-2-1-3-6-15/h15-17H,1-14H2,(H,19,23). The lowest BCUT2D eigenvalue weighted by Gasteiger charge is -2.51. The van der Waals surface area contributed by atoms with Gasteiger partial charge < -0.3 is 5.32 Å². The van der Waals surface area contributed by atoms with Crippen LogP contribution in [0.5, 0.6) is 0 Å². The Labute approximate surface area is 140 Å². The predicted octanol–water partition coefficient (Wildman–Crippen LogP) is 0.900. The number of piperidine rings is 1. The van der Waals surface area contributed by atoms with Gasteiger partial charge in [-0.25, -0.2) is 0 Å². The zero-order chi connectivity index (χ0) is 15.6. The van der Waals surface area contributed by atoms with Crippen LogP contribution in [0.25, 0.3) is 0 Å². The van der Waals surface area contributed by atoms with E-state index in [1.807, 2.05) is 0 Å². The quantitative estimate of drug-likeness (QED) is 0.839. The first-order valence-electron chi connectivity index (χ1n) is 9.81. The maximum Gasteiger partial charge on any atom is 0.237 e. The van der Waals surface area contributed by atoms with Gasteiger partial charge in [-0.2, -0.15) is 0 Å². The molecule has 1 atom stereocenters. The number of carbonyl (C=O) groups excluding carboxylic acids is 1. The number of nitrogens with zero attached hydrogens (tertiary/aromatic N) is 3. The molecular weight excluding hydrogens is 288 g/mol. The summed E-state index contributed by atoms with van der Waals surface area (Å²) in [6, 6.07) is 1.72. The molecule has 1 unspecified atom stereocenters. The molecule has 0 bridgehead atoms. The highest BCUT2D eigenvalue weighted by atomic mass is 16.2. The van der Waals surface area contributed by atoms with Crippen molar-refractivity contribution < 1.29 is 4.79 Å². The Bertz CT molecular complexity index is 409. The lowest BCUT2D eigenvalue weighted by atomic mass is 9.93. The van der Waals surface area contributed by atoms with Gasteiger partial charge in [0.15, 0.2) is 0 Å². The van der Waals surface area contributed by atoms with E-state index in [-0.39, 0.29) is 11.9 Å². The second-order valence-corrected chi connectivity index (χ2v) is 7.92. The van der Waals surface area contributed by atoms with Crippen molar-refractivity contribution in [2.24, 2.45) is 0 Å². The normalized spacial score (nSPS) is 33.4. The van der Waals surface area contributed by atoms with E-state index in [4.69, 9.17) is 0 Å². The molecule has 5 heteroatoms. The van der Waals surface area contributed by atoms with Gasteiger partial charge in [0.1, 0.15) is 0 Å². The van der Waals surface area contributed by atoms with Crippen molar-refractivity contribution in [1.82, 2.24) is 20.0 Å². The zero-order valence-corrected chi connectivity index (χ0v) is 14.4. The van der Waals surface area contributed by atoms with Crippen LogP contribution in [0.3, 0.4) is 0 Å². The summed E-state index contributed by atoms with van der Waals surface area (Å²) < 4.78 is 0. The second kappa shape index (κ2) is 7.08. The van der Waals surface area contributed by atoms with E-state index in [9.17, 15) is 4.79 Å². The minimum absolute atomic E-state index is 0.156. The first-order valence-corrected chi connectivity index (χ1v) is 9.81. The number of carbonyl (C=O) groups is 1. The molecule has 0 spiro atoms. The van der Waals surface area contributed by atoms with Crippen LogP contribution in [0.15, 0.2) is 0 Å². The van der Waals surface area contributed by atoms with Crippen molar-refractivity contribution in [3.05, 3.63) is 0 Å². The lowest BCUT2D eigenvalue weighted by molar-refractivity contribution is -0.132. The van der Waals surface area contributed by atoms with E-state index in [2.05, 4.69) is 20.0 Å². The highest BCUT2D eigenvalue weighted by molar-refractivity contribution is 5.82. The van der Waals surface area contributed by atoms with Crippen LogP contribution in [0.2, 0.25) is 0 Å². The van der Waals surface area contributed by atoms with Crippen LogP contribution < -0.4 is 5.32 Å². The summed E-state index contributed by atoms with van der Waals surface area (Å²) in [7, 11) is 0. The van der Waals surface area contributed by atoms with Crippen LogP contribution >= 0.6 is 0 Å². The molecule has 1 amide bonds. The average molecular weight is 320 g/mol. The number of nitrogens with one attached hydrogen (secondary N) is 1. The van der Waals surface area contributed by atoms with Gasteiger partial charge in [0.2, 0.25) is 5.91 Å². The van der Waals surface area contributed by atoms with E-state index in [0.717, 1.165) is 38.5 Å². The van der Waals surface area contributed by atoms with Crippen LogP contribution in [0.4, 0.5) is 0 Å². The Balaban J connectivity index is 1.21. The number of piperazine rings is 1. The van der Waals surface area contributed by atoms with Gasteiger partial charge in [-0.05, 0) is 25.7 Å². The van der Waals surface area contributed by atoms with Crippen LogP contribution in [0.1, 0.15) is 44.9 Å². The number of likely N-dealkylation sites (tertiary alicyclic amines) is 1. The molecule has 4 rings (SSSR count). The highest BCUT2D eigenvalue weighted by Gasteiger charge is 2.40. The maximum atomic E-state index is 12.0. The van der Waals surface area contributed by atoms with Crippen LogP contribution in [-0.4, -0.2) is 84.5 Å². The van der Waals surface area contributed by atoms with Gasteiger partial charge in [0.05, 0.1) is 6.04 Å². The number of rotatable bonds is 3. The molecule has 0 aromatic heterocycles. The van der Waals surface area contributed by atoms with Crippen molar-refractivity contribution in [3.8, 4) is 0 Å². The SMILES string of the molecule is O=C1NCCCC1N1CC(N2CCN(C3CCCCC3)CC2)C1. The average Bonchev–Trinajstić information content (AvgIpc) is 2.57. The highest BCUT2D eigenvalue weighted by Crippen LogP contribution is 2.26. The smallest absolute Gasteiger partial charge is 0.237 e. The molecule has 3 aliphatic heterocycles. The third kappa shape index (κ3) is 3.42. The van der Waals surface area contributed by atoms with Gasteiger partial charge in [-0.3, -0.25) is 19.5 Å².